The third-order valence-corrected chi connectivity index (χ3v) is 8.49. The maximum Gasteiger partial charge on any atom is 0.335 e. The monoisotopic (exact) mass is 550 g/mol. The zero-order chi connectivity index (χ0) is 27.8. The zero-order valence-corrected chi connectivity index (χ0v) is 22.9. The molecule has 9 nitrogen and oxygen atoms in total. The summed E-state index contributed by atoms with van der Waals surface area (Å²) in [5, 5.41) is 14.2. The molecule has 210 valence electrons. The van der Waals surface area contributed by atoms with Crippen LogP contribution in [0.15, 0.2) is 66.9 Å². The number of fused-ring (bicyclic) bond motifs is 2. The number of aromatic nitrogens is 4. The van der Waals surface area contributed by atoms with Crippen LogP contribution < -0.4 is 5.32 Å². The van der Waals surface area contributed by atoms with Gasteiger partial charge < -0.3 is 24.7 Å². The minimum absolute atomic E-state index is 0.161. The second-order valence-corrected chi connectivity index (χ2v) is 11.2. The van der Waals surface area contributed by atoms with E-state index >= 15 is 0 Å². The fourth-order valence-corrected chi connectivity index (χ4v) is 6.03. The number of carbonyl (C=O) groups is 1. The Morgan fingerprint density at radius 3 is 2.73 bits per heavy atom. The number of aromatic carboxylic acids is 1. The van der Waals surface area contributed by atoms with Crippen LogP contribution in [-0.4, -0.2) is 61.3 Å². The van der Waals surface area contributed by atoms with Gasteiger partial charge in [-0.05, 0) is 91.8 Å². The zero-order valence-electron chi connectivity index (χ0n) is 22.9. The Labute approximate surface area is 238 Å². The van der Waals surface area contributed by atoms with Gasteiger partial charge in [0, 0.05) is 36.5 Å². The van der Waals surface area contributed by atoms with E-state index in [9.17, 15) is 9.90 Å². The number of rotatable bonds is 9. The number of likely N-dealkylation sites (tertiary alicyclic amines) is 1. The van der Waals surface area contributed by atoms with E-state index in [0.717, 1.165) is 85.9 Å². The summed E-state index contributed by atoms with van der Waals surface area (Å²) in [5.74, 6) is 1.38. The second-order valence-electron chi connectivity index (χ2n) is 11.2. The van der Waals surface area contributed by atoms with Crippen molar-refractivity contribution in [3.05, 3.63) is 89.5 Å². The number of anilines is 1. The number of aromatic amines is 1. The standard InChI is InChI=1S/C32H34N6O3/c39-32(40)24-5-7-28-29(17-24)38(19-25-11-15-41-25)31(36-28)20-37-13-9-22(10-14-37)27-2-1-3-30(35-27)34-18-21-4-6-26-23(16-21)8-12-33-26/h1-8,12,16-17,22,25,33H,9-11,13-15,18-20H2,(H,34,35)(H,39,40). The number of pyridine rings is 1. The molecule has 2 fully saturated rings. The number of hydrogen-bond acceptors (Lipinski definition) is 6. The molecule has 3 aromatic heterocycles. The number of ether oxygens (including phenoxy) is 1. The van der Waals surface area contributed by atoms with Crippen molar-refractivity contribution in [1.29, 1.82) is 0 Å². The van der Waals surface area contributed by atoms with Gasteiger partial charge in [-0.3, -0.25) is 4.90 Å². The molecule has 0 amide bonds. The van der Waals surface area contributed by atoms with Gasteiger partial charge in [-0.1, -0.05) is 12.1 Å². The first kappa shape index (κ1) is 25.7. The first-order chi connectivity index (χ1) is 20.1. The summed E-state index contributed by atoms with van der Waals surface area (Å²) in [6, 6.07) is 20.0. The van der Waals surface area contributed by atoms with Crippen molar-refractivity contribution in [2.45, 2.75) is 50.9 Å². The molecule has 0 aliphatic carbocycles. The number of hydrogen-bond donors (Lipinski definition) is 3. The molecular weight excluding hydrogens is 516 g/mol. The third-order valence-electron chi connectivity index (χ3n) is 8.49. The second kappa shape index (κ2) is 11.0. The summed E-state index contributed by atoms with van der Waals surface area (Å²) in [6.07, 6.45) is 5.22. The van der Waals surface area contributed by atoms with Crippen LogP contribution in [0.25, 0.3) is 21.9 Å². The topological polar surface area (TPSA) is 108 Å². The van der Waals surface area contributed by atoms with Crippen LogP contribution in [0.3, 0.4) is 0 Å². The molecule has 0 spiro atoms. The van der Waals surface area contributed by atoms with Gasteiger partial charge in [-0.25, -0.2) is 14.8 Å². The van der Waals surface area contributed by atoms with Gasteiger partial charge in [-0.15, -0.1) is 0 Å². The quantitative estimate of drug-likeness (QED) is 0.226. The van der Waals surface area contributed by atoms with Crippen molar-refractivity contribution < 1.29 is 14.6 Å². The van der Waals surface area contributed by atoms with E-state index in [1.807, 2.05) is 18.3 Å². The van der Waals surface area contributed by atoms with E-state index < -0.39 is 5.97 Å². The molecule has 2 aliphatic rings. The lowest BCUT2D eigenvalue weighted by Crippen LogP contribution is -2.35. The minimum Gasteiger partial charge on any atom is -0.478 e. The van der Waals surface area contributed by atoms with Crippen LogP contribution in [-0.2, 0) is 24.4 Å². The molecule has 3 N–H and O–H groups in total. The molecule has 0 radical (unpaired) electrons. The number of nitrogens with one attached hydrogen (secondary N) is 2. The van der Waals surface area contributed by atoms with Crippen molar-refractivity contribution in [3.8, 4) is 0 Å². The lowest BCUT2D eigenvalue weighted by Gasteiger charge is -2.32. The van der Waals surface area contributed by atoms with E-state index in [1.165, 1.54) is 10.9 Å². The first-order valence-corrected chi connectivity index (χ1v) is 14.4. The van der Waals surface area contributed by atoms with E-state index in [0.29, 0.717) is 12.5 Å². The summed E-state index contributed by atoms with van der Waals surface area (Å²) < 4.78 is 7.88. The van der Waals surface area contributed by atoms with Crippen molar-refractivity contribution in [1.82, 2.24) is 24.4 Å². The van der Waals surface area contributed by atoms with E-state index in [1.54, 1.807) is 12.1 Å². The number of benzene rings is 2. The van der Waals surface area contributed by atoms with Gasteiger partial charge in [0.1, 0.15) is 11.6 Å². The lowest BCUT2D eigenvalue weighted by atomic mass is 9.93. The molecule has 1 atom stereocenters. The van der Waals surface area contributed by atoms with Gasteiger partial charge in [0.05, 0.1) is 35.8 Å². The fraction of sp³-hybridized carbons (Fsp3) is 0.344. The highest BCUT2D eigenvalue weighted by molar-refractivity contribution is 5.92. The predicted octanol–water partition coefficient (Wildman–Crippen LogP) is 5.39. The number of carboxylic acids is 1. The molecular formula is C32H34N6O3. The van der Waals surface area contributed by atoms with Crippen LogP contribution >= 0.6 is 0 Å². The molecule has 41 heavy (non-hydrogen) atoms. The Kier molecular flexibility index (Phi) is 6.90. The molecule has 1 unspecified atom stereocenters. The molecule has 0 saturated carbocycles. The van der Waals surface area contributed by atoms with Crippen LogP contribution in [0.5, 0.6) is 0 Å². The van der Waals surface area contributed by atoms with Gasteiger partial charge in [0.25, 0.3) is 0 Å². The average molecular weight is 551 g/mol. The Morgan fingerprint density at radius 1 is 1.05 bits per heavy atom. The Morgan fingerprint density at radius 2 is 1.93 bits per heavy atom. The molecule has 5 aromatic rings. The van der Waals surface area contributed by atoms with E-state index in [4.69, 9.17) is 14.7 Å². The highest BCUT2D eigenvalue weighted by atomic mass is 16.5. The van der Waals surface area contributed by atoms with Crippen LogP contribution in [0.1, 0.15) is 52.6 Å². The number of nitrogens with zero attached hydrogens (tertiary/aromatic N) is 4. The van der Waals surface area contributed by atoms with Crippen LogP contribution in [0, 0.1) is 0 Å². The first-order valence-electron chi connectivity index (χ1n) is 14.4. The van der Waals surface area contributed by atoms with Crippen LogP contribution in [0.4, 0.5) is 5.82 Å². The lowest BCUT2D eigenvalue weighted by molar-refractivity contribution is -0.0592. The number of carboxylic acid groups (broad SMARTS) is 1. The minimum atomic E-state index is -0.922. The molecule has 2 saturated heterocycles. The summed E-state index contributed by atoms with van der Waals surface area (Å²) in [6.45, 7) is 4.88. The molecule has 9 heteroatoms. The highest BCUT2D eigenvalue weighted by Crippen LogP contribution is 2.29. The number of piperidine rings is 1. The van der Waals surface area contributed by atoms with E-state index in [2.05, 4.69) is 56.2 Å². The molecule has 7 rings (SSSR count). The molecule has 2 aromatic carbocycles. The fourth-order valence-electron chi connectivity index (χ4n) is 6.03. The van der Waals surface area contributed by atoms with Gasteiger partial charge in [0.15, 0.2) is 0 Å². The Hall–Kier alpha value is -4.21. The summed E-state index contributed by atoms with van der Waals surface area (Å²) in [5.41, 5.74) is 5.51. The van der Waals surface area contributed by atoms with Crippen molar-refractivity contribution >= 4 is 33.7 Å². The molecule has 0 bridgehead atoms. The smallest absolute Gasteiger partial charge is 0.335 e. The molecule has 5 heterocycles. The largest absolute Gasteiger partial charge is 0.478 e. The third kappa shape index (κ3) is 5.42. The maximum atomic E-state index is 11.6. The van der Waals surface area contributed by atoms with E-state index in [-0.39, 0.29) is 11.7 Å². The SMILES string of the molecule is O=C(O)c1ccc2nc(CN3CCC(c4cccc(NCc5ccc6[nH]ccc6c5)n4)CC3)n(CC3CCO3)c2c1. The predicted molar refractivity (Wildman–Crippen MR) is 158 cm³/mol. The van der Waals surface area contributed by atoms with Gasteiger partial charge in [0.2, 0.25) is 0 Å². The average Bonchev–Trinajstić information content (AvgIpc) is 3.57. The molecule has 2 aliphatic heterocycles. The van der Waals surface area contributed by atoms with Crippen molar-refractivity contribution in [3.63, 3.8) is 0 Å². The van der Waals surface area contributed by atoms with Crippen molar-refractivity contribution in [2.75, 3.05) is 25.0 Å². The maximum absolute atomic E-state index is 11.6. The van der Waals surface area contributed by atoms with Gasteiger partial charge >= 0.3 is 5.97 Å². The summed E-state index contributed by atoms with van der Waals surface area (Å²) >= 11 is 0. The Balaban J connectivity index is 1.00. The Bertz CT molecular complexity index is 1700. The number of imidazole rings is 1. The van der Waals surface area contributed by atoms with Gasteiger partial charge in [-0.2, -0.15) is 0 Å². The van der Waals surface area contributed by atoms with Crippen molar-refractivity contribution in [2.24, 2.45) is 0 Å². The highest BCUT2D eigenvalue weighted by Gasteiger charge is 2.26. The number of H-pyrrole nitrogens is 1. The normalized spacial score (nSPS) is 18.1. The summed E-state index contributed by atoms with van der Waals surface area (Å²) in [4.78, 5) is 27.2. The van der Waals surface area contributed by atoms with Crippen LogP contribution in [0.2, 0.25) is 0 Å². The summed E-state index contributed by atoms with van der Waals surface area (Å²) in [7, 11) is 0.